The van der Waals surface area contributed by atoms with Gasteiger partial charge in [-0.2, -0.15) is 13.2 Å². The van der Waals surface area contributed by atoms with Gasteiger partial charge in [-0.05, 0) is 42.5 Å². The van der Waals surface area contributed by atoms with E-state index >= 15 is 0 Å². The van der Waals surface area contributed by atoms with Crippen LogP contribution < -0.4 is 9.62 Å². The Labute approximate surface area is 227 Å². The summed E-state index contributed by atoms with van der Waals surface area (Å²) in [5, 5.41) is 2.53. The van der Waals surface area contributed by atoms with Crippen molar-refractivity contribution in [3.8, 4) is 0 Å². The molecule has 2 aromatic carbocycles. The molecule has 0 aromatic heterocycles. The fourth-order valence-electron chi connectivity index (χ4n) is 3.79. The van der Waals surface area contributed by atoms with Crippen molar-refractivity contribution >= 4 is 39.1 Å². The minimum absolute atomic E-state index is 0.0877. The maximum Gasteiger partial charge on any atom is 0.416 e. The first-order chi connectivity index (χ1) is 17.6. The highest BCUT2D eigenvalue weighted by Gasteiger charge is 2.35. The van der Waals surface area contributed by atoms with Crippen molar-refractivity contribution in [3.63, 3.8) is 0 Å². The SMILES string of the molecule is CC[C@@H](C(=O)NCC(C)C)N(CCc1ccccc1)C(=O)CN(c1cc(C(F)(F)F)ccc1Cl)S(C)(=O)=O. The molecule has 7 nitrogen and oxygen atoms in total. The van der Waals surface area contributed by atoms with Crippen LogP contribution in [0.25, 0.3) is 0 Å². The third-order valence-electron chi connectivity index (χ3n) is 5.78. The third kappa shape index (κ3) is 8.90. The molecule has 0 unspecified atom stereocenters. The lowest BCUT2D eigenvalue weighted by atomic mass is 10.1. The molecule has 0 aliphatic heterocycles. The average molecular weight is 576 g/mol. The Bertz CT molecular complexity index is 1210. The zero-order valence-electron chi connectivity index (χ0n) is 21.8. The van der Waals surface area contributed by atoms with E-state index in [2.05, 4.69) is 5.32 Å². The van der Waals surface area contributed by atoms with Crippen LogP contribution in [0.15, 0.2) is 48.5 Å². The van der Waals surface area contributed by atoms with Gasteiger partial charge < -0.3 is 10.2 Å². The lowest BCUT2D eigenvalue weighted by molar-refractivity contribution is -0.139. The van der Waals surface area contributed by atoms with Crippen LogP contribution in [0.4, 0.5) is 18.9 Å². The Hall–Kier alpha value is -2.79. The van der Waals surface area contributed by atoms with Crippen molar-refractivity contribution in [2.45, 2.75) is 45.8 Å². The average Bonchev–Trinajstić information content (AvgIpc) is 2.83. The van der Waals surface area contributed by atoms with Crippen LogP contribution in [0.2, 0.25) is 5.02 Å². The van der Waals surface area contributed by atoms with Gasteiger partial charge in [-0.3, -0.25) is 13.9 Å². The normalized spacial score (nSPS) is 12.8. The lowest BCUT2D eigenvalue weighted by Gasteiger charge is -2.33. The fourth-order valence-corrected chi connectivity index (χ4v) is 4.92. The number of nitrogens with zero attached hydrogens (tertiary/aromatic N) is 2. The molecule has 2 aromatic rings. The summed E-state index contributed by atoms with van der Waals surface area (Å²) in [7, 11) is -4.24. The summed E-state index contributed by atoms with van der Waals surface area (Å²) in [6.07, 6.45) is -3.36. The summed E-state index contributed by atoms with van der Waals surface area (Å²) in [6, 6.07) is 10.5. The number of hydrogen-bond donors (Lipinski definition) is 1. The number of amides is 2. The topological polar surface area (TPSA) is 86.8 Å². The van der Waals surface area contributed by atoms with Gasteiger partial charge in [0.2, 0.25) is 21.8 Å². The van der Waals surface area contributed by atoms with E-state index in [9.17, 15) is 31.2 Å². The Morgan fingerprint density at radius 1 is 1.08 bits per heavy atom. The molecule has 2 rings (SSSR count). The predicted octanol–water partition coefficient (Wildman–Crippen LogP) is 4.75. The molecule has 0 aliphatic carbocycles. The number of sulfonamides is 1. The second kappa shape index (κ2) is 13.3. The van der Waals surface area contributed by atoms with Crippen molar-refractivity contribution < 1.29 is 31.2 Å². The molecule has 0 spiro atoms. The lowest BCUT2D eigenvalue weighted by Crippen LogP contribution is -2.53. The number of anilines is 1. The molecule has 0 bridgehead atoms. The van der Waals surface area contributed by atoms with Crippen LogP contribution in [-0.2, 0) is 32.2 Å². The summed E-state index contributed by atoms with van der Waals surface area (Å²) < 4.78 is 65.9. The zero-order valence-corrected chi connectivity index (χ0v) is 23.3. The molecule has 12 heteroatoms. The van der Waals surface area contributed by atoms with Gasteiger partial charge in [0.15, 0.2) is 0 Å². The van der Waals surface area contributed by atoms with E-state index in [1.165, 1.54) is 4.90 Å². The number of nitrogens with one attached hydrogen (secondary N) is 1. The maximum absolute atomic E-state index is 13.6. The summed E-state index contributed by atoms with van der Waals surface area (Å²) >= 11 is 6.10. The van der Waals surface area contributed by atoms with Gasteiger partial charge in [0.1, 0.15) is 12.6 Å². The number of carbonyl (C=O) groups excluding carboxylic acids is 2. The van der Waals surface area contributed by atoms with E-state index in [0.717, 1.165) is 24.0 Å². The molecular weight excluding hydrogens is 543 g/mol. The second-order valence-corrected chi connectivity index (χ2v) is 11.6. The number of carbonyl (C=O) groups is 2. The highest BCUT2D eigenvalue weighted by molar-refractivity contribution is 7.92. The highest BCUT2D eigenvalue weighted by atomic mass is 35.5. The number of benzene rings is 2. The van der Waals surface area contributed by atoms with Gasteiger partial charge in [-0.25, -0.2) is 8.42 Å². The van der Waals surface area contributed by atoms with Crippen LogP contribution in [-0.4, -0.2) is 57.1 Å². The van der Waals surface area contributed by atoms with E-state index in [1.54, 1.807) is 6.92 Å². The summed E-state index contributed by atoms with van der Waals surface area (Å²) in [4.78, 5) is 27.9. The first kappa shape index (κ1) is 31.4. The van der Waals surface area contributed by atoms with Crippen LogP contribution in [0.5, 0.6) is 0 Å². The number of alkyl halides is 3. The molecule has 0 saturated heterocycles. The molecule has 1 N–H and O–H groups in total. The molecule has 38 heavy (non-hydrogen) atoms. The van der Waals surface area contributed by atoms with Gasteiger partial charge in [0, 0.05) is 13.1 Å². The Morgan fingerprint density at radius 2 is 1.71 bits per heavy atom. The second-order valence-electron chi connectivity index (χ2n) is 9.32. The number of halogens is 4. The molecular formula is C26H33ClF3N3O4S. The molecule has 2 amide bonds. The molecule has 1 atom stereocenters. The maximum atomic E-state index is 13.6. The van der Waals surface area contributed by atoms with Crippen LogP contribution >= 0.6 is 11.6 Å². The molecule has 0 radical (unpaired) electrons. The highest BCUT2D eigenvalue weighted by Crippen LogP contribution is 2.36. The largest absolute Gasteiger partial charge is 0.416 e. The smallest absolute Gasteiger partial charge is 0.354 e. The van der Waals surface area contributed by atoms with E-state index in [4.69, 9.17) is 11.6 Å². The Balaban J connectivity index is 2.46. The molecule has 0 fully saturated rings. The summed E-state index contributed by atoms with van der Waals surface area (Å²) in [6.45, 7) is 5.20. The van der Waals surface area contributed by atoms with E-state index in [-0.39, 0.29) is 23.9 Å². The van der Waals surface area contributed by atoms with Crippen LogP contribution in [0.3, 0.4) is 0 Å². The Morgan fingerprint density at radius 3 is 2.24 bits per heavy atom. The van der Waals surface area contributed by atoms with Crippen molar-refractivity contribution in [3.05, 3.63) is 64.7 Å². The van der Waals surface area contributed by atoms with E-state index < -0.39 is 51.9 Å². The van der Waals surface area contributed by atoms with Gasteiger partial charge in [0.25, 0.3) is 0 Å². The van der Waals surface area contributed by atoms with Crippen molar-refractivity contribution in [1.82, 2.24) is 10.2 Å². The summed E-state index contributed by atoms with van der Waals surface area (Å²) in [5.41, 5.74) is -0.695. The van der Waals surface area contributed by atoms with Crippen molar-refractivity contribution in [2.75, 3.05) is 30.2 Å². The molecule has 0 saturated carbocycles. The summed E-state index contributed by atoms with van der Waals surface area (Å²) in [5.74, 6) is -0.981. The van der Waals surface area contributed by atoms with Gasteiger partial charge >= 0.3 is 6.18 Å². The standard InChI is InChI=1S/C26H33ClF3N3O4S/c1-5-22(25(35)31-16-18(2)3)32(14-13-19-9-7-6-8-10-19)24(34)17-33(38(4,36)37)23-15-20(26(28,29)30)11-12-21(23)27/h6-12,15,18,22H,5,13-14,16-17H2,1-4H3,(H,31,35)/t22-/m0/s1. The van der Waals surface area contributed by atoms with E-state index in [1.807, 2.05) is 44.2 Å². The van der Waals surface area contributed by atoms with Crippen LogP contribution in [0.1, 0.15) is 38.3 Å². The first-order valence-electron chi connectivity index (χ1n) is 12.1. The van der Waals surface area contributed by atoms with Crippen LogP contribution in [0, 0.1) is 5.92 Å². The monoisotopic (exact) mass is 575 g/mol. The fraction of sp³-hybridized carbons (Fsp3) is 0.462. The Kier molecular flexibility index (Phi) is 11.0. The number of hydrogen-bond acceptors (Lipinski definition) is 4. The minimum atomic E-state index is -4.75. The first-order valence-corrected chi connectivity index (χ1v) is 14.3. The van der Waals surface area contributed by atoms with Gasteiger partial charge in [-0.1, -0.05) is 62.7 Å². The minimum Gasteiger partial charge on any atom is -0.354 e. The molecule has 0 heterocycles. The van der Waals surface area contributed by atoms with Gasteiger partial charge in [-0.15, -0.1) is 0 Å². The third-order valence-corrected chi connectivity index (χ3v) is 7.22. The molecule has 210 valence electrons. The van der Waals surface area contributed by atoms with Gasteiger partial charge in [0.05, 0.1) is 22.5 Å². The van der Waals surface area contributed by atoms with E-state index in [0.29, 0.717) is 23.3 Å². The quantitative estimate of drug-likeness (QED) is 0.396. The number of rotatable bonds is 12. The van der Waals surface area contributed by atoms with Crippen molar-refractivity contribution in [2.24, 2.45) is 5.92 Å². The predicted molar refractivity (Wildman–Crippen MR) is 142 cm³/mol. The molecule has 0 aliphatic rings. The van der Waals surface area contributed by atoms with Crippen molar-refractivity contribution in [1.29, 1.82) is 0 Å². The zero-order chi connectivity index (χ0) is 28.7.